The molecule has 0 fully saturated rings. The number of carbonyl (C=O) groups is 2. The predicted molar refractivity (Wildman–Crippen MR) is 109 cm³/mol. The Bertz CT molecular complexity index is 859. The van der Waals surface area contributed by atoms with Gasteiger partial charge in [0.1, 0.15) is 0 Å². The van der Waals surface area contributed by atoms with Crippen molar-refractivity contribution in [2.24, 2.45) is 0 Å². The first kappa shape index (κ1) is 19.4. The Balaban J connectivity index is 1.74. The van der Waals surface area contributed by atoms with Crippen molar-refractivity contribution in [1.82, 2.24) is 0 Å². The summed E-state index contributed by atoms with van der Waals surface area (Å²) in [5.74, 6) is -0.619. The highest BCUT2D eigenvalue weighted by Crippen LogP contribution is 2.25. The van der Waals surface area contributed by atoms with E-state index in [4.69, 9.17) is 9.47 Å². The third kappa shape index (κ3) is 4.46. The van der Waals surface area contributed by atoms with Gasteiger partial charge < -0.3 is 9.47 Å². The standard InChI is InChI=1S/C24H22O4/c1-3-27-23(25)21-13-9-19(10-14-21)17-5-7-18(8-6-17)20-11-15-22(16-12-20)24(26)28-4-2/h5-16H,3-4H2,1-2H3. The minimum absolute atomic E-state index is 0.310. The summed E-state index contributed by atoms with van der Waals surface area (Å²) in [6, 6.07) is 22.9. The lowest BCUT2D eigenvalue weighted by molar-refractivity contribution is 0.0517. The van der Waals surface area contributed by atoms with Gasteiger partial charge in [-0.2, -0.15) is 0 Å². The molecule has 0 amide bonds. The second kappa shape index (κ2) is 9.00. The first-order valence-electron chi connectivity index (χ1n) is 9.27. The highest BCUT2D eigenvalue weighted by Gasteiger charge is 2.08. The van der Waals surface area contributed by atoms with E-state index in [9.17, 15) is 9.59 Å². The maximum absolute atomic E-state index is 11.7. The number of hydrogen-bond acceptors (Lipinski definition) is 4. The van der Waals surface area contributed by atoms with Crippen molar-refractivity contribution >= 4 is 11.9 Å². The van der Waals surface area contributed by atoms with E-state index in [0.717, 1.165) is 22.3 Å². The highest BCUT2D eigenvalue weighted by molar-refractivity contribution is 5.90. The Morgan fingerprint density at radius 3 is 1.04 bits per heavy atom. The molecule has 0 unspecified atom stereocenters. The van der Waals surface area contributed by atoms with Crippen LogP contribution < -0.4 is 0 Å². The molecule has 0 saturated carbocycles. The van der Waals surface area contributed by atoms with Gasteiger partial charge >= 0.3 is 11.9 Å². The summed E-state index contributed by atoms with van der Waals surface area (Å²) < 4.78 is 10.0. The Hall–Kier alpha value is -3.40. The summed E-state index contributed by atoms with van der Waals surface area (Å²) in [5, 5.41) is 0. The fraction of sp³-hybridized carbons (Fsp3) is 0.167. The van der Waals surface area contributed by atoms with Crippen LogP contribution in [-0.4, -0.2) is 25.2 Å². The van der Waals surface area contributed by atoms with Crippen LogP contribution in [0.25, 0.3) is 22.3 Å². The summed E-state index contributed by atoms with van der Waals surface area (Å²) in [7, 11) is 0. The highest BCUT2D eigenvalue weighted by atomic mass is 16.5. The number of benzene rings is 3. The van der Waals surface area contributed by atoms with Crippen LogP contribution in [0.3, 0.4) is 0 Å². The van der Waals surface area contributed by atoms with E-state index >= 15 is 0 Å². The van der Waals surface area contributed by atoms with Crippen molar-refractivity contribution in [1.29, 1.82) is 0 Å². The van der Waals surface area contributed by atoms with Crippen LogP contribution in [-0.2, 0) is 9.47 Å². The van der Waals surface area contributed by atoms with Crippen LogP contribution in [0.5, 0.6) is 0 Å². The van der Waals surface area contributed by atoms with Crippen LogP contribution >= 0.6 is 0 Å². The quantitative estimate of drug-likeness (QED) is 0.544. The van der Waals surface area contributed by atoms with E-state index in [1.54, 1.807) is 38.1 Å². The van der Waals surface area contributed by atoms with Crippen LogP contribution in [0.2, 0.25) is 0 Å². The normalized spacial score (nSPS) is 10.4. The first-order valence-corrected chi connectivity index (χ1v) is 9.27. The van der Waals surface area contributed by atoms with Gasteiger partial charge in [0.15, 0.2) is 0 Å². The van der Waals surface area contributed by atoms with Gasteiger partial charge in [-0.3, -0.25) is 0 Å². The zero-order valence-electron chi connectivity index (χ0n) is 16.0. The molecule has 0 radical (unpaired) electrons. The van der Waals surface area contributed by atoms with Crippen LogP contribution in [0.15, 0.2) is 72.8 Å². The molecule has 0 aliphatic rings. The second-order valence-corrected chi connectivity index (χ2v) is 6.17. The van der Waals surface area contributed by atoms with Crippen molar-refractivity contribution in [3.63, 3.8) is 0 Å². The summed E-state index contributed by atoms with van der Waals surface area (Å²) in [6.07, 6.45) is 0. The minimum atomic E-state index is -0.310. The molecule has 0 heterocycles. The molecule has 0 saturated heterocycles. The number of rotatable bonds is 6. The summed E-state index contributed by atoms with van der Waals surface area (Å²) in [4.78, 5) is 23.5. The summed E-state index contributed by atoms with van der Waals surface area (Å²) >= 11 is 0. The molecule has 0 atom stereocenters. The Kier molecular flexibility index (Phi) is 6.22. The van der Waals surface area contributed by atoms with E-state index in [1.165, 1.54) is 0 Å². The smallest absolute Gasteiger partial charge is 0.338 e. The number of carbonyl (C=O) groups excluding carboxylic acids is 2. The van der Waals surface area contributed by atoms with Crippen molar-refractivity contribution in [2.45, 2.75) is 13.8 Å². The van der Waals surface area contributed by atoms with Gasteiger partial charge in [0, 0.05) is 0 Å². The topological polar surface area (TPSA) is 52.6 Å². The van der Waals surface area contributed by atoms with Crippen molar-refractivity contribution in [3.8, 4) is 22.3 Å². The molecule has 0 N–H and O–H groups in total. The average Bonchev–Trinajstić information content (AvgIpc) is 2.74. The van der Waals surface area contributed by atoms with E-state index in [1.807, 2.05) is 48.5 Å². The zero-order chi connectivity index (χ0) is 19.9. The van der Waals surface area contributed by atoms with Gasteiger partial charge in [-0.05, 0) is 60.4 Å². The number of ether oxygens (including phenoxy) is 2. The molecule has 28 heavy (non-hydrogen) atoms. The van der Waals surface area contributed by atoms with Crippen molar-refractivity contribution in [2.75, 3.05) is 13.2 Å². The number of hydrogen-bond donors (Lipinski definition) is 0. The van der Waals surface area contributed by atoms with E-state index in [2.05, 4.69) is 0 Å². The molecule has 0 aromatic heterocycles. The van der Waals surface area contributed by atoms with Gasteiger partial charge in [0.2, 0.25) is 0 Å². The maximum atomic E-state index is 11.7. The Morgan fingerprint density at radius 1 is 0.536 bits per heavy atom. The third-order valence-electron chi connectivity index (χ3n) is 4.34. The minimum Gasteiger partial charge on any atom is -0.462 e. The Morgan fingerprint density at radius 2 is 0.786 bits per heavy atom. The summed E-state index contributed by atoms with van der Waals surface area (Å²) in [5.41, 5.74) is 5.26. The summed E-state index contributed by atoms with van der Waals surface area (Å²) in [6.45, 7) is 4.31. The molecule has 4 heteroatoms. The molecule has 142 valence electrons. The van der Waals surface area contributed by atoms with Crippen LogP contribution in [0.4, 0.5) is 0 Å². The molecule has 0 aliphatic heterocycles. The first-order chi connectivity index (χ1) is 13.6. The van der Waals surface area contributed by atoms with Gasteiger partial charge in [-0.1, -0.05) is 48.5 Å². The fourth-order valence-electron chi connectivity index (χ4n) is 2.88. The predicted octanol–water partition coefficient (Wildman–Crippen LogP) is 5.37. The van der Waals surface area contributed by atoms with E-state index in [-0.39, 0.29) is 11.9 Å². The average molecular weight is 374 g/mol. The van der Waals surface area contributed by atoms with Gasteiger partial charge in [-0.25, -0.2) is 9.59 Å². The number of esters is 2. The molecule has 0 aliphatic carbocycles. The molecule has 3 aromatic carbocycles. The lowest BCUT2D eigenvalue weighted by atomic mass is 9.99. The molecule has 3 rings (SSSR count). The van der Waals surface area contributed by atoms with Gasteiger partial charge in [-0.15, -0.1) is 0 Å². The third-order valence-corrected chi connectivity index (χ3v) is 4.34. The van der Waals surface area contributed by atoms with Gasteiger partial charge in [0.25, 0.3) is 0 Å². The van der Waals surface area contributed by atoms with Gasteiger partial charge in [0.05, 0.1) is 24.3 Å². The Labute approximate surface area is 164 Å². The second-order valence-electron chi connectivity index (χ2n) is 6.17. The molecule has 0 bridgehead atoms. The monoisotopic (exact) mass is 374 g/mol. The fourth-order valence-corrected chi connectivity index (χ4v) is 2.88. The van der Waals surface area contributed by atoms with E-state index in [0.29, 0.717) is 24.3 Å². The molecule has 4 nitrogen and oxygen atoms in total. The zero-order valence-corrected chi connectivity index (χ0v) is 16.0. The lowest BCUT2D eigenvalue weighted by Crippen LogP contribution is -2.04. The van der Waals surface area contributed by atoms with Crippen molar-refractivity contribution in [3.05, 3.63) is 83.9 Å². The van der Waals surface area contributed by atoms with Crippen LogP contribution in [0.1, 0.15) is 34.6 Å². The van der Waals surface area contributed by atoms with Crippen LogP contribution in [0, 0.1) is 0 Å². The van der Waals surface area contributed by atoms with Crippen molar-refractivity contribution < 1.29 is 19.1 Å². The molecule has 3 aromatic rings. The molecular formula is C24H22O4. The lowest BCUT2D eigenvalue weighted by Gasteiger charge is -2.07. The largest absolute Gasteiger partial charge is 0.462 e. The molecular weight excluding hydrogens is 352 g/mol. The molecule has 0 spiro atoms. The maximum Gasteiger partial charge on any atom is 0.338 e. The van der Waals surface area contributed by atoms with E-state index < -0.39 is 0 Å². The SMILES string of the molecule is CCOC(=O)c1ccc(-c2ccc(-c3ccc(C(=O)OCC)cc3)cc2)cc1.